The van der Waals surface area contributed by atoms with Gasteiger partial charge in [0.05, 0.1) is 5.52 Å². The monoisotopic (exact) mass is 229 g/mol. The van der Waals surface area contributed by atoms with E-state index in [4.69, 9.17) is 5.73 Å². The molecule has 6 nitrogen and oxygen atoms in total. The van der Waals surface area contributed by atoms with Crippen molar-refractivity contribution in [2.45, 2.75) is 6.92 Å². The van der Waals surface area contributed by atoms with Crippen molar-refractivity contribution in [3.05, 3.63) is 30.6 Å². The van der Waals surface area contributed by atoms with E-state index in [-0.39, 0.29) is 5.71 Å². The Hall–Kier alpha value is -2.50. The summed E-state index contributed by atoms with van der Waals surface area (Å²) in [5.74, 6) is -0.0351. The van der Waals surface area contributed by atoms with Crippen molar-refractivity contribution in [3.63, 3.8) is 0 Å². The number of anilines is 1. The van der Waals surface area contributed by atoms with Crippen LogP contribution in [0.3, 0.4) is 0 Å². The van der Waals surface area contributed by atoms with Crippen LogP contribution >= 0.6 is 0 Å². The minimum Gasteiger partial charge on any atom is -0.365 e. The zero-order chi connectivity index (χ0) is 12.3. The van der Waals surface area contributed by atoms with Crippen LogP contribution in [-0.2, 0) is 4.79 Å². The zero-order valence-corrected chi connectivity index (χ0v) is 9.21. The third-order valence-corrected chi connectivity index (χ3v) is 2.23. The molecule has 2 rings (SSSR count). The van der Waals surface area contributed by atoms with E-state index in [2.05, 4.69) is 20.5 Å². The summed E-state index contributed by atoms with van der Waals surface area (Å²) in [6.07, 6.45) is 1.43. The number of hydrazone groups is 1. The number of amides is 1. The molecule has 0 saturated carbocycles. The molecule has 1 aromatic carbocycles. The molecular formula is C11H11N5O. The predicted molar refractivity (Wildman–Crippen MR) is 65.5 cm³/mol. The highest BCUT2D eigenvalue weighted by atomic mass is 16.1. The quantitative estimate of drug-likeness (QED) is 0.604. The first-order valence-corrected chi connectivity index (χ1v) is 4.98. The number of nitrogens with one attached hydrogen (secondary N) is 1. The van der Waals surface area contributed by atoms with Gasteiger partial charge in [-0.1, -0.05) is 12.1 Å². The lowest BCUT2D eigenvalue weighted by molar-refractivity contribution is -0.112. The lowest BCUT2D eigenvalue weighted by atomic mass is 10.2. The fourth-order valence-corrected chi connectivity index (χ4v) is 1.29. The molecule has 0 unspecified atom stereocenters. The molecule has 17 heavy (non-hydrogen) atoms. The molecule has 0 fully saturated rings. The summed E-state index contributed by atoms with van der Waals surface area (Å²) >= 11 is 0. The SMILES string of the molecule is C/C(=N\Nc1ncnc2ccccc12)C(N)=O. The van der Waals surface area contributed by atoms with Crippen molar-refractivity contribution in [2.24, 2.45) is 10.8 Å². The van der Waals surface area contributed by atoms with Gasteiger partial charge in [0.1, 0.15) is 12.0 Å². The van der Waals surface area contributed by atoms with Gasteiger partial charge in [-0.05, 0) is 19.1 Å². The third-order valence-electron chi connectivity index (χ3n) is 2.23. The van der Waals surface area contributed by atoms with Crippen LogP contribution < -0.4 is 11.2 Å². The minimum absolute atomic E-state index is 0.188. The van der Waals surface area contributed by atoms with Gasteiger partial charge < -0.3 is 5.73 Å². The van der Waals surface area contributed by atoms with Crippen LogP contribution in [0.2, 0.25) is 0 Å². The summed E-state index contributed by atoms with van der Waals surface area (Å²) in [4.78, 5) is 19.0. The van der Waals surface area contributed by atoms with E-state index >= 15 is 0 Å². The second-order valence-electron chi connectivity index (χ2n) is 3.41. The van der Waals surface area contributed by atoms with Gasteiger partial charge in [0.25, 0.3) is 5.91 Å². The number of nitrogens with zero attached hydrogens (tertiary/aromatic N) is 3. The van der Waals surface area contributed by atoms with Gasteiger partial charge in [0.15, 0.2) is 5.82 Å². The average Bonchev–Trinajstić information content (AvgIpc) is 2.35. The largest absolute Gasteiger partial charge is 0.365 e. The van der Waals surface area contributed by atoms with Crippen molar-refractivity contribution in [1.82, 2.24) is 9.97 Å². The smallest absolute Gasteiger partial charge is 0.264 e. The molecule has 2 aromatic rings. The fourth-order valence-electron chi connectivity index (χ4n) is 1.29. The third kappa shape index (κ3) is 2.36. The van der Waals surface area contributed by atoms with Gasteiger partial charge in [-0.2, -0.15) is 5.10 Å². The fraction of sp³-hybridized carbons (Fsp3) is 0.0909. The number of para-hydroxylation sites is 1. The Balaban J connectivity index is 2.37. The van der Waals surface area contributed by atoms with Crippen LogP contribution in [0.1, 0.15) is 6.92 Å². The Morgan fingerprint density at radius 3 is 2.88 bits per heavy atom. The second-order valence-corrected chi connectivity index (χ2v) is 3.41. The number of primary amides is 1. The van der Waals surface area contributed by atoms with Crippen LogP contribution in [0.25, 0.3) is 10.9 Å². The normalized spacial score (nSPS) is 11.5. The van der Waals surface area contributed by atoms with Gasteiger partial charge in [-0.3, -0.25) is 10.2 Å². The summed E-state index contributed by atoms with van der Waals surface area (Å²) in [7, 11) is 0. The first-order valence-electron chi connectivity index (χ1n) is 4.98. The van der Waals surface area contributed by atoms with Gasteiger partial charge in [-0.15, -0.1) is 0 Å². The van der Waals surface area contributed by atoms with Gasteiger partial charge in [0.2, 0.25) is 0 Å². The summed E-state index contributed by atoms with van der Waals surface area (Å²) in [5, 5.41) is 4.68. The molecule has 1 aromatic heterocycles. The molecule has 1 amide bonds. The number of fused-ring (bicyclic) bond motifs is 1. The molecule has 0 aliphatic rings. The van der Waals surface area contributed by atoms with E-state index in [1.165, 1.54) is 13.3 Å². The van der Waals surface area contributed by atoms with Crippen LogP contribution in [0, 0.1) is 0 Å². The number of rotatable bonds is 3. The number of carbonyl (C=O) groups is 1. The van der Waals surface area contributed by atoms with Crippen LogP contribution in [0.4, 0.5) is 5.82 Å². The topological polar surface area (TPSA) is 93.3 Å². The van der Waals surface area contributed by atoms with Crippen molar-refractivity contribution >= 4 is 28.3 Å². The number of benzene rings is 1. The zero-order valence-electron chi connectivity index (χ0n) is 9.21. The Morgan fingerprint density at radius 1 is 1.35 bits per heavy atom. The molecule has 1 heterocycles. The summed E-state index contributed by atoms with van der Waals surface area (Å²) < 4.78 is 0. The maximum Gasteiger partial charge on any atom is 0.264 e. The van der Waals surface area contributed by atoms with Crippen LogP contribution in [-0.4, -0.2) is 21.6 Å². The number of hydrogen-bond donors (Lipinski definition) is 2. The molecule has 6 heteroatoms. The summed E-state index contributed by atoms with van der Waals surface area (Å²) in [6, 6.07) is 7.50. The minimum atomic E-state index is -0.573. The van der Waals surface area contributed by atoms with Crippen molar-refractivity contribution in [3.8, 4) is 0 Å². The van der Waals surface area contributed by atoms with E-state index in [1.54, 1.807) is 0 Å². The molecule has 0 atom stereocenters. The van der Waals surface area contributed by atoms with Crippen molar-refractivity contribution in [2.75, 3.05) is 5.43 Å². The molecular weight excluding hydrogens is 218 g/mol. The number of carbonyl (C=O) groups excluding carboxylic acids is 1. The molecule has 0 aliphatic heterocycles. The summed E-state index contributed by atoms with van der Waals surface area (Å²) in [5.41, 5.74) is 8.77. The number of hydrogen-bond acceptors (Lipinski definition) is 5. The van der Waals surface area contributed by atoms with Crippen molar-refractivity contribution < 1.29 is 4.79 Å². The van der Waals surface area contributed by atoms with Gasteiger partial charge in [0, 0.05) is 5.39 Å². The van der Waals surface area contributed by atoms with Gasteiger partial charge >= 0.3 is 0 Å². The molecule has 0 aliphatic carbocycles. The predicted octanol–water partition coefficient (Wildman–Crippen LogP) is 0.903. The lowest BCUT2D eigenvalue weighted by Crippen LogP contribution is -2.21. The average molecular weight is 229 g/mol. The maximum absolute atomic E-state index is 10.8. The molecule has 0 bridgehead atoms. The molecule has 86 valence electrons. The Bertz CT molecular complexity index is 588. The van der Waals surface area contributed by atoms with E-state index < -0.39 is 5.91 Å². The number of aromatic nitrogens is 2. The Labute approximate surface area is 97.6 Å². The molecule has 0 saturated heterocycles. The standard InChI is InChI=1S/C11H11N5O/c1-7(10(12)17)15-16-11-8-4-2-3-5-9(8)13-6-14-11/h2-6H,1H3,(H2,12,17)(H,13,14,16)/b15-7+. The number of nitrogens with two attached hydrogens (primary N) is 1. The van der Waals surface area contributed by atoms with E-state index in [0.29, 0.717) is 5.82 Å². The van der Waals surface area contributed by atoms with Crippen LogP contribution in [0.15, 0.2) is 35.7 Å². The second kappa shape index (κ2) is 4.56. The highest BCUT2D eigenvalue weighted by Crippen LogP contribution is 2.17. The van der Waals surface area contributed by atoms with Crippen molar-refractivity contribution in [1.29, 1.82) is 0 Å². The first kappa shape index (κ1) is 11.0. The summed E-state index contributed by atoms with van der Waals surface area (Å²) in [6.45, 7) is 1.53. The van der Waals surface area contributed by atoms with Gasteiger partial charge in [-0.25, -0.2) is 9.97 Å². The molecule has 3 N–H and O–H groups in total. The first-order chi connectivity index (χ1) is 8.18. The van der Waals surface area contributed by atoms with E-state index in [1.807, 2.05) is 24.3 Å². The highest BCUT2D eigenvalue weighted by Gasteiger charge is 2.03. The molecule has 0 radical (unpaired) electrons. The lowest BCUT2D eigenvalue weighted by Gasteiger charge is -2.03. The van der Waals surface area contributed by atoms with E-state index in [9.17, 15) is 4.79 Å². The maximum atomic E-state index is 10.8. The Morgan fingerprint density at radius 2 is 2.12 bits per heavy atom. The van der Waals surface area contributed by atoms with Crippen LogP contribution in [0.5, 0.6) is 0 Å². The highest BCUT2D eigenvalue weighted by molar-refractivity contribution is 6.37. The Kier molecular flexibility index (Phi) is 2.95. The van der Waals surface area contributed by atoms with E-state index in [0.717, 1.165) is 10.9 Å². The molecule has 0 spiro atoms.